The number of nitrogens with zero attached hydrogens (tertiary/aromatic N) is 2. The van der Waals surface area contributed by atoms with Crippen LogP contribution in [0.4, 0.5) is 5.82 Å². The summed E-state index contributed by atoms with van der Waals surface area (Å²) in [6, 6.07) is 16.4. The molecule has 3 N–H and O–H groups in total. The van der Waals surface area contributed by atoms with Crippen LogP contribution >= 0.6 is 0 Å². The number of imidazole rings is 1. The van der Waals surface area contributed by atoms with Gasteiger partial charge in [0.15, 0.2) is 11.5 Å². The highest BCUT2D eigenvalue weighted by Crippen LogP contribution is 2.18. The first-order valence-electron chi connectivity index (χ1n) is 8.51. The molecule has 7 nitrogen and oxygen atoms in total. The normalized spacial score (nSPS) is 10.4. The highest BCUT2D eigenvalue weighted by molar-refractivity contribution is 6.07. The summed E-state index contributed by atoms with van der Waals surface area (Å²) in [6.07, 6.45) is 1.49. The van der Waals surface area contributed by atoms with Crippen LogP contribution in [0.25, 0.3) is 0 Å². The molecular weight excluding hydrogens is 344 g/mol. The number of ether oxygens (including phenoxy) is 1. The SMILES string of the molecule is CCOc1cccc(C(=O)Nc2ncn(Cc3ccccc3)c2C(N)=O)c1. The van der Waals surface area contributed by atoms with Gasteiger partial charge in [-0.05, 0) is 30.7 Å². The van der Waals surface area contributed by atoms with Crippen molar-refractivity contribution in [3.8, 4) is 5.75 Å². The van der Waals surface area contributed by atoms with E-state index in [4.69, 9.17) is 10.5 Å². The van der Waals surface area contributed by atoms with E-state index in [9.17, 15) is 9.59 Å². The van der Waals surface area contributed by atoms with E-state index in [0.717, 1.165) is 5.56 Å². The van der Waals surface area contributed by atoms with E-state index in [2.05, 4.69) is 10.3 Å². The molecule has 1 heterocycles. The van der Waals surface area contributed by atoms with Crippen molar-refractivity contribution in [3.05, 3.63) is 77.7 Å². The molecule has 0 saturated heterocycles. The predicted molar refractivity (Wildman–Crippen MR) is 102 cm³/mol. The van der Waals surface area contributed by atoms with Gasteiger partial charge in [-0.25, -0.2) is 4.98 Å². The first-order valence-corrected chi connectivity index (χ1v) is 8.51. The van der Waals surface area contributed by atoms with E-state index in [1.807, 2.05) is 37.3 Å². The third-order valence-electron chi connectivity index (χ3n) is 3.91. The largest absolute Gasteiger partial charge is 0.494 e. The highest BCUT2D eigenvalue weighted by Gasteiger charge is 2.19. The number of carbonyl (C=O) groups excluding carboxylic acids is 2. The lowest BCUT2D eigenvalue weighted by Crippen LogP contribution is -2.21. The van der Waals surface area contributed by atoms with E-state index in [0.29, 0.717) is 24.5 Å². The molecule has 2 amide bonds. The lowest BCUT2D eigenvalue weighted by atomic mass is 10.2. The Balaban J connectivity index is 1.83. The van der Waals surface area contributed by atoms with Gasteiger partial charge in [-0.3, -0.25) is 9.59 Å². The Morgan fingerprint density at radius 1 is 1.15 bits per heavy atom. The Hall–Kier alpha value is -3.61. The maximum absolute atomic E-state index is 12.5. The molecule has 1 aromatic heterocycles. The van der Waals surface area contributed by atoms with Crippen LogP contribution in [0, 0.1) is 0 Å². The van der Waals surface area contributed by atoms with Gasteiger partial charge < -0.3 is 20.4 Å². The molecule has 0 bridgehead atoms. The number of hydrogen-bond acceptors (Lipinski definition) is 4. The summed E-state index contributed by atoms with van der Waals surface area (Å²) in [4.78, 5) is 28.6. The second-order valence-electron chi connectivity index (χ2n) is 5.83. The summed E-state index contributed by atoms with van der Waals surface area (Å²) in [6.45, 7) is 2.79. The third kappa shape index (κ3) is 4.33. The Kier molecular flexibility index (Phi) is 5.51. The zero-order valence-corrected chi connectivity index (χ0v) is 14.9. The molecule has 0 saturated carbocycles. The summed E-state index contributed by atoms with van der Waals surface area (Å²) in [5, 5.41) is 2.66. The molecule has 0 aliphatic rings. The molecule has 0 fully saturated rings. The van der Waals surface area contributed by atoms with E-state index in [1.54, 1.807) is 28.8 Å². The Bertz CT molecular complexity index is 951. The monoisotopic (exact) mass is 364 g/mol. The number of amides is 2. The van der Waals surface area contributed by atoms with Gasteiger partial charge in [-0.1, -0.05) is 36.4 Å². The van der Waals surface area contributed by atoms with E-state index >= 15 is 0 Å². The topological polar surface area (TPSA) is 99.2 Å². The van der Waals surface area contributed by atoms with Crippen molar-refractivity contribution in [2.45, 2.75) is 13.5 Å². The van der Waals surface area contributed by atoms with Crippen molar-refractivity contribution in [2.24, 2.45) is 5.73 Å². The third-order valence-corrected chi connectivity index (χ3v) is 3.91. The van der Waals surface area contributed by atoms with Crippen LogP contribution in [0.5, 0.6) is 5.75 Å². The summed E-state index contributed by atoms with van der Waals surface area (Å²) in [5.41, 5.74) is 7.05. The van der Waals surface area contributed by atoms with E-state index in [1.165, 1.54) is 6.33 Å². The van der Waals surface area contributed by atoms with Gasteiger partial charge in [0.1, 0.15) is 5.75 Å². The fraction of sp³-hybridized carbons (Fsp3) is 0.150. The van der Waals surface area contributed by atoms with Crippen molar-refractivity contribution < 1.29 is 14.3 Å². The number of carbonyl (C=O) groups is 2. The smallest absolute Gasteiger partial charge is 0.269 e. The van der Waals surface area contributed by atoms with Gasteiger partial charge >= 0.3 is 0 Å². The van der Waals surface area contributed by atoms with E-state index in [-0.39, 0.29) is 11.5 Å². The Morgan fingerprint density at radius 3 is 2.63 bits per heavy atom. The Labute approximate surface area is 156 Å². The molecule has 0 spiro atoms. The molecule has 3 aromatic rings. The number of nitrogens with one attached hydrogen (secondary N) is 1. The number of rotatable bonds is 7. The van der Waals surface area contributed by atoms with Crippen LogP contribution in [0.3, 0.4) is 0 Å². The number of nitrogens with two attached hydrogens (primary N) is 1. The van der Waals surface area contributed by atoms with Crippen LogP contribution in [0.15, 0.2) is 60.9 Å². The van der Waals surface area contributed by atoms with Crippen molar-refractivity contribution in [2.75, 3.05) is 11.9 Å². The molecule has 27 heavy (non-hydrogen) atoms. The quantitative estimate of drug-likeness (QED) is 0.673. The second kappa shape index (κ2) is 8.18. The van der Waals surface area contributed by atoms with Gasteiger partial charge in [-0.2, -0.15) is 0 Å². The fourth-order valence-electron chi connectivity index (χ4n) is 2.71. The van der Waals surface area contributed by atoms with Crippen LogP contribution < -0.4 is 15.8 Å². The van der Waals surface area contributed by atoms with E-state index < -0.39 is 11.8 Å². The molecule has 2 aromatic carbocycles. The van der Waals surface area contributed by atoms with Gasteiger partial charge in [0.2, 0.25) is 0 Å². The summed E-state index contributed by atoms with van der Waals surface area (Å²) < 4.78 is 7.02. The van der Waals surface area contributed by atoms with Crippen LogP contribution in [0.1, 0.15) is 33.3 Å². The average molecular weight is 364 g/mol. The Morgan fingerprint density at radius 2 is 1.93 bits per heavy atom. The van der Waals surface area contributed by atoms with Gasteiger partial charge in [0.05, 0.1) is 12.9 Å². The highest BCUT2D eigenvalue weighted by atomic mass is 16.5. The number of hydrogen-bond donors (Lipinski definition) is 2. The summed E-state index contributed by atoms with van der Waals surface area (Å²) in [7, 11) is 0. The van der Waals surface area contributed by atoms with Gasteiger partial charge in [-0.15, -0.1) is 0 Å². The molecule has 0 atom stereocenters. The zero-order valence-electron chi connectivity index (χ0n) is 14.9. The van der Waals surface area contributed by atoms with Gasteiger partial charge in [0, 0.05) is 12.1 Å². The minimum Gasteiger partial charge on any atom is -0.494 e. The van der Waals surface area contributed by atoms with Crippen molar-refractivity contribution >= 4 is 17.6 Å². The number of primary amides is 1. The lowest BCUT2D eigenvalue weighted by molar-refractivity contribution is 0.0993. The number of anilines is 1. The number of benzene rings is 2. The molecule has 0 aliphatic carbocycles. The zero-order chi connectivity index (χ0) is 19.2. The molecule has 7 heteroatoms. The number of aromatic nitrogens is 2. The average Bonchev–Trinajstić information content (AvgIpc) is 3.05. The maximum Gasteiger partial charge on any atom is 0.269 e. The predicted octanol–water partition coefficient (Wildman–Crippen LogP) is 2.68. The molecule has 0 unspecified atom stereocenters. The van der Waals surface area contributed by atoms with Crippen molar-refractivity contribution in [1.82, 2.24) is 9.55 Å². The van der Waals surface area contributed by atoms with Crippen LogP contribution in [-0.4, -0.2) is 28.0 Å². The molecule has 3 rings (SSSR count). The maximum atomic E-state index is 12.5. The fourth-order valence-corrected chi connectivity index (χ4v) is 2.71. The van der Waals surface area contributed by atoms with Gasteiger partial charge in [0.25, 0.3) is 11.8 Å². The molecule has 0 aliphatic heterocycles. The molecular formula is C20H20N4O3. The van der Waals surface area contributed by atoms with Crippen molar-refractivity contribution in [3.63, 3.8) is 0 Å². The molecule has 138 valence electrons. The van der Waals surface area contributed by atoms with Crippen molar-refractivity contribution in [1.29, 1.82) is 0 Å². The minimum atomic E-state index is -0.665. The summed E-state index contributed by atoms with van der Waals surface area (Å²) in [5.74, 6) is -0.342. The molecule has 0 radical (unpaired) electrons. The minimum absolute atomic E-state index is 0.130. The standard InChI is InChI=1S/C20H20N4O3/c1-2-27-16-10-6-9-15(11-16)20(26)23-19-17(18(21)25)24(13-22-19)12-14-7-4-3-5-8-14/h3-11,13H,2,12H2,1H3,(H2,21,25)(H,23,26). The first kappa shape index (κ1) is 18.2. The first-order chi connectivity index (χ1) is 13.1. The summed E-state index contributed by atoms with van der Waals surface area (Å²) >= 11 is 0. The second-order valence-corrected chi connectivity index (χ2v) is 5.83. The lowest BCUT2D eigenvalue weighted by Gasteiger charge is -2.09. The van der Waals surface area contributed by atoms with Crippen LogP contribution in [0.2, 0.25) is 0 Å². The van der Waals surface area contributed by atoms with Crippen LogP contribution in [-0.2, 0) is 6.54 Å².